The van der Waals surface area contributed by atoms with Crippen LogP contribution in [-0.2, 0) is 16.4 Å². The van der Waals surface area contributed by atoms with Crippen molar-refractivity contribution >= 4 is 38.0 Å². The molecule has 3 heterocycles. The number of fused-ring (bicyclic) bond motifs is 1. The van der Waals surface area contributed by atoms with Gasteiger partial charge in [-0.3, -0.25) is 0 Å². The molecule has 26 heavy (non-hydrogen) atoms. The standard InChI is InChI=1S/C17H15N5O2S2/c1-26(23,24)17-19-14(12-7-8-25-10-12)13-15(18)22(21-16(13)20-17)9-11-5-3-2-4-6-11/h2-8,10H,9,18H2,1H3. The molecule has 1 aromatic carbocycles. The van der Waals surface area contributed by atoms with E-state index in [2.05, 4.69) is 15.1 Å². The van der Waals surface area contributed by atoms with Crippen molar-refractivity contribution in [1.29, 1.82) is 0 Å². The summed E-state index contributed by atoms with van der Waals surface area (Å²) in [5, 5.41) is 8.53. The summed E-state index contributed by atoms with van der Waals surface area (Å²) < 4.78 is 25.6. The molecule has 0 radical (unpaired) electrons. The van der Waals surface area contributed by atoms with Crippen molar-refractivity contribution in [1.82, 2.24) is 19.7 Å². The van der Waals surface area contributed by atoms with Gasteiger partial charge in [0, 0.05) is 17.2 Å². The Morgan fingerprint density at radius 2 is 1.92 bits per heavy atom. The summed E-state index contributed by atoms with van der Waals surface area (Å²) in [6.45, 7) is 0.459. The third-order valence-corrected chi connectivity index (χ3v) is 5.45. The second-order valence-electron chi connectivity index (χ2n) is 5.87. The number of rotatable bonds is 4. The van der Waals surface area contributed by atoms with Gasteiger partial charge < -0.3 is 5.73 Å². The lowest BCUT2D eigenvalue weighted by atomic mass is 10.1. The van der Waals surface area contributed by atoms with Crippen LogP contribution in [0, 0.1) is 0 Å². The van der Waals surface area contributed by atoms with E-state index in [1.807, 2.05) is 47.2 Å². The first kappa shape index (κ1) is 16.7. The first-order chi connectivity index (χ1) is 12.4. The number of thiophene rings is 1. The third-order valence-electron chi connectivity index (χ3n) is 3.92. The van der Waals surface area contributed by atoms with Crippen molar-refractivity contribution < 1.29 is 8.42 Å². The van der Waals surface area contributed by atoms with Crippen LogP contribution < -0.4 is 5.73 Å². The number of nitrogens with two attached hydrogens (primary N) is 1. The van der Waals surface area contributed by atoms with Gasteiger partial charge in [0.1, 0.15) is 5.82 Å². The van der Waals surface area contributed by atoms with Crippen LogP contribution in [-0.4, -0.2) is 34.4 Å². The Balaban J connectivity index is 1.96. The molecule has 0 bridgehead atoms. The number of benzene rings is 1. The monoisotopic (exact) mass is 385 g/mol. The van der Waals surface area contributed by atoms with Gasteiger partial charge in [0.25, 0.3) is 0 Å². The van der Waals surface area contributed by atoms with Crippen molar-refractivity contribution in [3.05, 3.63) is 52.7 Å². The Bertz CT molecular complexity index is 1180. The lowest BCUT2D eigenvalue weighted by molar-refractivity contribution is 0.593. The second kappa shape index (κ2) is 6.19. The molecule has 132 valence electrons. The van der Waals surface area contributed by atoms with Gasteiger partial charge in [-0.25, -0.2) is 18.1 Å². The second-order valence-corrected chi connectivity index (χ2v) is 8.56. The summed E-state index contributed by atoms with van der Waals surface area (Å²) in [6, 6.07) is 11.6. The van der Waals surface area contributed by atoms with Crippen LogP contribution in [0.3, 0.4) is 0 Å². The lowest BCUT2D eigenvalue weighted by Gasteiger charge is -2.05. The number of aromatic nitrogens is 4. The molecular weight excluding hydrogens is 370 g/mol. The largest absolute Gasteiger partial charge is 0.383 e. The van der Waals surface area contributed by atoms with Crippen LogP contribution in [0.1, 0.15) is 5.56 Å². The van der Waals surface area contributed by atoms with Crippen LogP contribution in [0.4, 0.5) is 5.82 Å². The molecule has 0 fully saturated rings. The molecule has 0 aliphatic heterocycles. The Morgan fingerprint density at radius 3 is 2.58 bits per heavy atom. The SMILES string of the molecule is CS(=O)(=O)c1nc(-c2ccsc2)c2c(N)n(Cc3ccccc3)nc2n1. The molecule has 9 heteroatoms. The van der Waals surface area contributed by atoms with E-state index in [0.29, 0.717) is 23.4 Å². The van der Waals surface area contributed by atoms with E-state index >= 15 is 0 Å². The molecule has 0 aliphatic rings. The van der Waals surface area contributed by atoms with Crippen molar-refractivity contribution in [3.8, 4) is 11.3 Å². The van der Waals surface area contributed by atoms with Crippen molar-refractivity contribution in [2.24, 2.45) is 0 Å². The minimum absolute atomic E-state index is 0.254. The van der Waals surface area contributed by atoms with Gasteiger partial charge in [-0.15, -0.1) is 5.10 Å². The fourth-order valence-corrected chi connectivity index (χ4v) is 3.84. The molecular formula is C17H15N5O2S2. The zero-order chi connectivity index (χ0) is 18.3. The number of hydrogen-bond donors (Lipinski definition) is 1. The summed E-state index contributed by atoms with van der Waals surface area (Å²) in [7, 11) is -3.58. The van der Waals surface area contributed by atoms with Gasteiger partial charge in [0.05, 0.1) is 17.6 Å². The van der Waals surface area contributed by atoms with Crippen LogP contribution in [0.25, 0.3) is 22.3 Å². The maximum atomic E-state index is 12.0. The molecule has 0 spiro atoms. The molecule has 0 atom stereocenters. The van der Waals surface area contributed by atoms with E-state index in [4.69, 9.17) is 5.73 Å². The lowest BCUT2D eigenvalue weighted by Crippen LogP contribution is -2.05. The molecule has 0 unspecified atom stereocenters. The molecule has 2 N–H and O–H groups in total. The van der Waals surface area contributed by atoms with Crippen LogP contribution in [0.5, 0.6) is 0 Å². The van der Waals surface area contributed by atoms with Crippen molar-refractivity contribution in [2.45, 2.75) is 11.7 Å². The first-order valence-corrected chi connectivity index (χ1v) is 10.6. The topological polar surface area (TPSA) is 104 Å². The minimum atomic E-state index is -3.58. The summed E-state index contributed by atoms with van der Waals surface area (Å²) in [4.78, 5) is 8.40. The number of hydrogen-bond acceptors (Lipinski definition) is 7. The summed E-state index contributed by atoms with van der Waals surface area (Å²) in [5.41, 5.74) is 8.90. The van der Waals surface area contributed by atoms with Gasteiger partial charge >= 0.3 is 0 Å². The molecule has 7 nitrogen and oxygen atoms in total. The maximum Gasteiger partial charge on any atom is 0.249 e. The average Bonchev–Trinajstić information content (AvgIpc) is 3.24. The van der Waals surface area contributed by atoms with E-state index in [0.717, 1.165) is 17.4 Å². The molecule has 0 amide bonds. The normalized spacial score (nSPS) is 11.9. The van der Waals surface area contributed by atoms with Crippen LogP contribution in [0.15, 0.2) is 52.3 Å². The molecule has 0 saturated carbocycles. The van der Waals surface area contributed by atoms with E-state index in [1.165, 1.54) is 11.3 Å². The van der Waals surface area contributed by atoms with E-state index < -0.39 is 9.84 Å². The van der Waals surface area contributed by atoms with Gasteiger partial charge in [-0.1, -0.05) is 30.3 Å². The number of anilines is 1. The van der Waals surface area contributed by atoms with Crippen LogP contribution in [0.2, 0.25) is 0 Å². The predicted molar refractivity (Wildman–Crippen MR) is 102 cm³/mol. The fourth-order valence-electron chi connectivity index (χ4n) is 2.69. The molecule has 4 rings (SSSR count). The van der Waals surface area contributed by atoms with Crippen molar-refractivity contribution in [3.63, 3.8) is 0 Å². The first-order valence-electron chi connectivity index (χ1n) is 7.74. The smallest absolute Gasteiger partial charge is 0.249 e. The summed E-state index contributed by atoms with van der Waals surface area (Å²) in [6.07, 6.45) is 1.08. The highest BCUT2D eigenvalue weighted by atomic mass is 32.2. The highest BCUT2D eigenvalue weighted by molar-refractivity contribution is 7.90. The van der Waals surface area contributed by atoms with E-state index in [1.54, 1.807) is 4.68 Å². The molecule has 0 aliphatic carbocycles. The quantitative estimate of drug-likeness (QED) is 0.542. The van der Waals surface area contributed by atoms with Gasteiger partial charge in [0.15, 0.2) is 5.65 Å². The van der Waals surface area contributed by atoms with Crippen molar-refractivity contribution in [2.75, 3.05) is 12.0 Å². The third kappa shape index (κ3) is 2.95. The number of nitrogen functional groups attached to an aromatic ring is 1. The molecule has 3 aromatic heterocycles. The number of nitrogens with zero attached hydrogens (tertiary/aromatic N) is 4. The summed E-state index contributed by atoms with van der Waals surface area (Å²) >= 11 is 1.49. The molecule has 0 saturated heterocycles. The van der Waals surface area contributed by atoms with E-state index in [-0.39, 0.29) is 10.8 Å². The fraction of sp³-hybridized carbons (Fsp3) is 0.118. The number of sulfone groups is 1. The van der Waals surface area contributed by atoms with Crippen LogP contribution >= 0.6 is 11.3 Å². The van der Waals surface area contributed by atoms with Gasteiger partial charge in [-0.2, -0.15) is 16.3 Å². The zero-order valence-corrected chi connectivity index (χ0v) is 15.5. The minimum Gasteiger partial charge on any atom is -0.383 e. The molecule has 4 aromatic rings. The maximum absolute atomic E-state index is 12.0. The average molecular weight is 385 g/mol. The van der Waals surface area contributed by atoms with E-state index in [9.17, 15) is 8.42 Å². The summed E-state index contributed by atoms with van der Waals surface area (Å²) in [5.74, 6) is 0.408. The predicted octanol–water partition coefficient (Wildman–Crippen LogP) is 2.59. The Kier molecular flexibility index (Phi) is 3.97. The Morgan fingerprint density at radius 1 is 1.15 bits per heavy atom. The highest BCUT2D eigenvalue weighted by Gasteiger charge is 2.22. The zero-order valence-electron chi connectivity index (χ0n) is 13.8. The van der Waals surface area contributed by atoms with Gasteiger partial charge in [-0.05, 0) is 17.0 Å². The Labute approximate surface area is 154 Å². The Hall–Kier alpha value is -2.78. The van der Waals surface area contributed by atoms with Gasteiger partial charge in [0.2, 0.25) is 15.0 Å². The highest BCUT2D eigenvalue weighted by Crippen LogP contribution is 2.32.